The first kappa shape index (κ1) is 14.1. The number of hydrogen-bond donors (Lipinski definition) is 3. The van der Waals surface area contributed by atoms with Crippen LogP contribution in [0, 0.1) is 0 Å². The second kappa shape index (κ2) is 5.85. The fraction of sp³-hybridized carbons (Fsp3) is 0.188. The Bertz CT molecular complexity index is 700. The molecule has 108 valence electrons. The summed E-state index contributed by atoms with van der Waals surface area (Å²) in [4.78, 5) is 12.3. The van der Waals surface area contributed by atoms with E-state index < -0.39 is 0 Å². The number of nitrogens with two attached hydrogens (primary N) is 1. The van der Waals surface area contributed by atoms with Crippen LogP contribution in [-0.2, 0) is 19.6 Å². The standard InChI is InChI=1S/C16H16ClN3O/c17-14-4-10(7-18)3-12(5-14)16(21)20-15-2-1-11-8-19-9-13(11)6-15/h1-6,19H,7-9,18H2,(H,20,21). The second-order valence-corrected chi connectivity index (χ2v) is 5.53. The van der Waals surface area contributed by atoms with Gasteiger partial charge in [0.1, 0.15) is 0 Å². The molecule has 0 saturated heterocycles. The monoisotopic (exact) mass is 301 g/mol. The summed E-state index contributed by atoms with van der Waals surface area (Å²) in [5.41, 5.74) is 10.2. The molecule has 1 aliphatic rings. The zero-order valence-electron chi connectivity index (χ0n) is 11.4. The summed E-state index contributed by atoms with van der Waals surface area (Å²) in [6.45, 7) is 2.08. The van der Waals surface area contributed by atoms with Gasteiger partial charge in [0.2, 0.25) is 0 Å². The maximum Gasteiger partial charge on any atom is 0.255 e. The van der Waals surface area contributed by atoms with Crippen molar-refractivity contribution < 1.29 is 4.79 Å². The van der Waals surface area contributed by atoms with E-state index in [1.807, 2.05) is 18.2 Å². The van der Waals surface area contributed by atoms with Crippen LogP contribution in [0.25, 0.3) is 0 Å². The number of carbonyl (C=O) groups excluding carboxylic acids is 1. The Morgan fingerprint density at radius 3 is 2.81 bits per heavy atom. The van der Waals surface area contributed by atoms with Gasteiger partial charge in [-0.3, -0.25) is 4.79 Å². The van der Waals surface area contributed by atoms with E-state index in [2.05, 4.69) is 10.6 Å². The molecule has 1 heterocycles. The molecule has 3 rings (SSSR count). The third kappa shape index (κ3) is 3.08. The Hall–Kier alpha value is -1.88. The van der Waals surface area contributed by atoms with E-state index in [0.29, 0.717) is 17.1 Å². The highest BCUT2D eigenvalue weighted by molar-refractivity contribution is 6.31. The number of amides is 1. The minimum Gasteiger partial charge on any atom is -0.326 e. The van der Waals surface area contributed by atoms with Gasteiger partial charge in [-0.1, -0.05) is 17.7 Å². The minimum absolute atomic E-state index is 0.182. The quantitative estimate of drug-likeness (QED) is 0.816. The van der Waals surface area contributed by atoms with Gasteiger partial charge in [-0.05, 0) is 47.0 Å². The van der Waals surface area contributed by atoms with Crippen molar-refractivity contribution in [2.75, 3.05) is 5.32 Å². The lowest BCUT2D eigenvalue weighted by atomic mass is 10.1. The van der Waals surface area contributed by atoms with Crippen LogP contribution in [0.15, 0.2) is 36.4 Å². The fourth-order valence-electron chi connectivity index (χ4n) is 2.48. The molecule has 0 spiro atoms. The molecule has 5 heteroatoms. The predicted molar refractivity (Wildman–Crippen MR) is 84.3 cm³/mol. The lowest BCUT2D eigenvalue weighted by molar-refractivity contribution is 0.102. The number of anilines is 1. The highest BCUT2D eigenvalue weighted by atomic mass is 35.5. The highest BCUT2D eigenvalue weighted by Crippen LogP contribution is 2.21. The average Bonchev–Trinajstić information content (AvgIpc) is 2.94. The summed E-state index contributed by atoms with van der Waals surface area (Å²) in [5, 5.41) is 6.69. The number of hydrogen-bond acceptors (Lipinski definition) is 3. The van der Waals surface area contributed by atoms with E-state index in [4.69, 9.17) is 17.3 Å². The zero-order valence-corrected chi connectivity index (χ0v) is 12.2. The van der Waals surface area contributed by atoms with Crippen molar-refractivity contribution in [2.24, 2.45) is 5.73 Å². The summed E-state index contributed by atoms with van der Waals surface area (Å²) >= 11 is 6.01. The third-order valence-electron chi connectivity index (χ3n) is 3.55. The van der Waals surface area contributed by atoms with Gasteiger partial charge in [0.25, 0.3) is 5.91 Å². The van der Waals surface area contributed by atoms with Crippen LogP contribution < -0.4 is 16.4 Å². The molecule has 4 nitrogen and oxygen atoms in total. The maximum absolute atomic E-state index is 12.3. The second-order valence-electron chi connectivity index (χ2n) is 5.09. The number of nitrogens with one attached hydrogen (secondary N) is 2. The van der Waals surface area contributed by atoms with Gasteiger partial charge in [-0.2, -0.15) is 0 Å². The van der Waals surface area contributed by atoms with E-state index in [9.17, 15) is 4.79 Å². The molecule has 0 fully saturated rings. The number of carbonyl (C=O) groups is 1. The molecule has 0 atom stereocenters. The first-order valence-corrected chi connectivity index (χ1v) is 7.17. The molecule has 21 heavy (non-hydrogen) atoms. The van der Waals surface area contributed by atoms with E-state index in [0.717, 1.165) is 24.3 Å². The van der Waals surface area contributed by atoms with Crippen LogP contribution in [0.4, 0.5) is 5.69 Å². The van der Waals surface area contributed by atoms with Crippen molar-refractivity contribution >= 4 is 23.2 Å². The molecule has 2 aromatic rings. The smallest absolute Gasteiger partial charge is 0.255 e. The largest absolute Gasteiger partial charge is 0.326 e. The van der Waals surface area contributed by atoms with Crippen LogP contribution >= 0.6 is 11.6 Å². The number of fused-ring (bicyclic) bond motifs is 1. The van der Waals surface area contributed by atoms with Crippen molar-refractivity contribution in [3.05, 3.63) is 63.7 Å². The maximum atomic E-state index is 12.3. The number of halogens is 1. The topological polar surface area (TPSA) is 67.2 Å². The normalized spacial score (nSPS) is 13.0. The van der Waals surface area contributed by atoms with Crippen molar-refractivity contribution in [3.8, 4) is 0 Å². The lowest BCUT2D eigenvalue weighted by Crippen LogP contribution is -2.13. The molecular weight excluding hydrogens is 286 g/mol. The van der Waals surface area contributed by atoms with Gasteiger partial charge in [0.05, 0.1) is 0 Å². The molecule has 0 aliphatic carbocycles. The van der Waals surface area contributed by atoms with Gasteiger partial charge in [0, 0.05) is 35.9 Å². The van der Waals surface area contributed by atoms with Gasteiger partial charge in [0.15, 0.2) is 0 Å². The van der Waals surface area contributed by atoms with Crippen LogP contribution in [0.1, 0.15) is 27.0 Å². The molecule has 0 unspecified atom stereocenters. The van der Waals surface area contributed by atoms with Gasteiger partial charge in [-0.25, -0.2) is 0 Å². The Kier molecular flexibility index (Phi) is 3.92. The summed E-state index contributed by atoms with van der Waals surface area (Å²) in [7, 11) is 0. The summed E-state index contributed by atoms with van der Waals surface area (Å²) < 4.78 is 0. The Balaban J connectivity index is 1.81. The molecule has 2 aromatic carbocycles. The van der Waals surface area contributed by atoms with Crippen LogP contribution in [0.2, 0.25) is 5.02 Å². The number of rotatable bonds is 3. The SMILES string of the molecule is NCc1cc(Cl)cc(C(=O)Nc2ccc3c(c2)CNC3)c1. The molecular formula is C16H16ClN3O. The first-order chi connectivity index (χ1) is 10.2. The van der Waals surface area contributed by atoms with Gasteiger partial charge in [-0.15, -0.1) is 0 Å². The van der Waals surface area contributed by atoms with E-state index in [1.54, 1.807) is 18.2 Å². The van der Waals surface area contributed by atoms with Gasteiger partial charge < -0.3 is 16.4 Å². The van der Waals surface area contributed by atoms with Crippen molar-refractivity contribution in [1.29, 1.82) is 0 Å². The van der Waals surface area contributed by atoms with E-state index >= 15 is 0 Å². The molecule has 0 aromatic heterocycles. The highest BCUT2D eigenvalue weighted by Gasteiger charge is 2.12. The Morgan fingerprint density at radius 1 is 1.19 bits per heavy atom. The average molecular weight is 302 g/mol. The molecule has 0 bridgehead atoms. The van der Waals surface area contributed by atoms with E-state index in [-0.39, 0.29) is 5.91 Å². The molecule has 0 saturated carbocycles. The van der Waals surface area contributed by atoms with Gasteiger partial charge >= 0.3 is 0 Å². The van der Waals surface area contributed by atoms with Crippen molar-refractivity contribution in [2.45, 2.75) is 19.6 Å². The summed E-state index contributed by atoms with van der Waals surface area (Å²) in [6, 6.07) is 11.1. The van der Waals surface area contributed by atoms with Crippen LogP contribution in [-0.4, -0.2) is 5.91 Å². The Labute approximate surface area is 128 Å². The molecule has 1 amide bonds. The Morgan fingerprint density at radius 2 is 2.00 bits per heavy atom. The number of benzene rings is 2. The zero-order chi connectivity index (χ0) is 14.8. The summed E-state index contributed by atoms with van der Waals surface area (Å²) in [5.74, 6) is -0.182. The predicted octanol–water partition coefficient (Wildman–Crippen LogP) is 2.65. The van der Waals surface area contributed by atoms with Crippen molar-refractivity contribution in [1.82, 2.24) is 5.32 Å². The van der Waals surface area contributed by atoms with E-state index in [1.165, 1.54) is 11.1 Å². The molecule has 1 aliphatic heterocycles. The molecule has 4 N–H and O–H groups in total. The van der Waals surface area contributed by atoms with Crippen molar-refractivity contribution in [3.63, 3.8) is 0 Å². The molecule has 0 radical (unpaired) electrons. The van der Waals surface area contributed by atoms with Crippen LogP contribution in [0.5, 0.6) is 0 Å². The lowest BCUT2D eigenvalue weighted by Gasteiger charge is -2.09. The van der Waals surface area contributed by atoms with Crippen LogP contribution in [0.3, 0.4) is 0 Å². The summed E-state index contributed by atoms with van der Waals surface area (Å²) in [6.07, 6.45) is 0. The minimum atomic E-state index is -0.182. The fourth-order valence-corrected chi connectivity index (χ4v) is 2.73. The third-order valence-corrected chi connectivity index (χ3v) is 3.77. The first-order valence-electron chi connectivity index (χ1n) is 6.79.